The summed E-state index contributed by atoms with van der Waals surface area (Å²) < 4.78 is 0. The lowest BCUT2D eigenvalue weighted by Crippen LogP contribution is -2.28. The molecule has 0 saturated carbocycles. The fraction of sp³-hybridized carbons (Fsp3) is 0.0159. The summed E-state index contributed by atoms with van der Waals surface area (Å²) in [6, 6.07) is 95.9. The highest BCUT2D eigenvalue weighted by Crippen LogP contribution is 2.57. The fourth-order valence-corrected chi connectivity index (χ4v) is 10.3. The Hall–Kier alpha value is -8.26. The van der Waals surface area contributed by atoms with Crippen LogP contribution in [0.5, 0.6) is 0 Å². The van der Waals surface area contributed by atoms with E-state index in [1.807, 2.05) is 0 Å². The molecule has 0 spiro atoms. The van der Waals surface area contributed by atoms with Crippen LogP contribution in [0, 0.1) is 0 Å². The van der Waals surface area contributed by atoms with E-state index in [0.29, 0.717) is 0 Å². The third-order valence-corrected chi connectivity index (χ3v) is 13.4. The lowest BCUT2D eigenvalue weighted by Gasteiger charge is -2.35. The zero-order valence-corrected chi connectivity index (χ0v) is 35.3. The van der Waals surface area contributed by atoms with Crippen molar-refractivity contribution in [2.24, 2.45) is 0 Å². The number of hydrogen-bond donors (Lipinski definition) is 0. The first-order chi connectivity index (χ1) is 31.7. The lowest BCUT2D eigenvalue weighted by atomic mass is 9.67. The largest absolute Gasteiger partial charge is 0.310 e. The quantitative estimate of drug-likeness (QED) is 0.138. The molecule has 11 aromatic carbocycles. The van der Waals surface area contributed by atoms with Gasteiger partial charge in [-0.3, -0.25) is 0 Å². The Morgan fingerprint density at radius 3 is 1.34 bits per heavy atom. The van der Waals surface area contributed by atoms with Crippen molar-refractivity contribution in [1.82, 2.24) is 0 Å². The molecular formula is C63H43N. The third-order valence-electron chi connectivity index (χ3n) is 13.4. The number of fused-ring (bicyclic) bond motifs is 6. The highest BCUT2D eigenvalue weighted by Gasteiger charge is 2.46. The highest BCUT2D eigenvalue weighted by atomic mass is 15.1. The van der Waals surface area contributed by atoms with Crippen LogP contribution in [0.1, 0.15) is 22.3 Å². The first kappa shape index (κ1) is 37.5. The van der Waals surface area contributed by atoms with Gasteiger partial charge in [0, 0.05) is 17.1 Å². The van der Waals surface area contributed by atoms with Gasteiger partial charge in [-0.05, 0) is 131 Å². The molecule has 11 aromatic rings. The number of nitrogens with zero attached hydrogens (tertiary/aromatic N) is 1. The van der Waals surface area contributed by atoms with E-state index in [1.165, 1.54) is 88.3 Å². The second kappa shape index (κ2) is 15.6. The molecule has 64 heavy (non-hydrogen) atoms. The lowest BCUT2D eigenvalue weighted by molar-refractivity contribution is 0.768. The van der Waals surface area contributed by atoms with Crippen LogP contribution in [0.25, 0.3) is 66.1 Å². The first-order valence-corrected chi connectivity index (χ1v) is 22.2. The zero-order valence-electron chi connectivity index (χ0n) is 35.3. The predicted octanol–water partition coefficient (Wildman–Crippen LogP) is 16.8. The van der Waals surface area contributed by atoms with Gasteiger partial charge in [-0.15, -0.1) is 0 Å². The first-order valence-electron chi connectivity index (χ1n) is 22.2. The van der Waals surface area contributed by atoms with Gasteiger partial charge in [0.25, 0.3) is 0 Å². The molecule has 0 bridgehead atoms. The van der Waals surface area contributed by atoms with Crippen LogP contribution < -0.4 is 4.90 Å². The molecule has 1 unspecified atom stereocenters. The van der Waals surface area contributed by atoms with Crippen LogP contribution in [0.3, 0.4) is 0 Å². The van der Waals surface area contributed by atoms with Crippen LogP contribution >= 0.6 is 0 Å². The minimum atomic E-state index is -0.550. The summed E-state index contributed by atoms with van der Waals surface area (Å²) in [7, 11) is 0. The number of anilines is 3. The van der Waals surface area contributed by atoms with Gasteiger partial charge in [0.1, 0.15) is 0 Å². The maximum Gasteiger partial charge on any atom is 0.0714 e. The molecule has 1 nitrogen and oxygen atoms in total. The van der Waals surface area contributed by atoms with E-state index >= 15 is 0 Å². The van der Waals surface area contributed by atoms with Crippen LogP contribution in [0.4, 0.5) is 17.1 Å². The van der Waals surface area contributed by atoms with E-state index in [1.54, 1.807) is 0 Å². The van der Waals surface area contributed by atoms with Gasteiger partial charge in [0.15, 0.2) is 0 Å². The predicted molar refractivity (Wildman–Crippen MR) is 270 cm³/mol. The van der Waals surface area contributed by atoms with Crippen LogP contribution in [0.15, 0.2) is 261 Å². The molecule has 0 amide bonds. The molecule has 300 valence electrons. The van der Waals surface area contributed by atoms with Gasteiger partial charge in [-0.25, -0.2) is 0 Å². The Balaban J connectivity index is 1.03. The van der Waals surface area contributed by atoms with Gasteiger partial charge in [-0.1, -0.05) is 218 Å². The van der Waals surface area contributed by atoms with Gasteiger partial charge < -0.3 is 4.90 Å². The van der Waals surface area contributed by atoms with E-state index in [0.717, 1.165) is 17.1 Å². The van der Waals surface area contributed by atoms with Crippen LogP contribution in [-0.4, -0.2) is 0 Å². The van der Waals surface area contributed by atoms with Crippen LogP contribution in [0.2, 0.25) is 0 Å². The molecule has 0 saturated heterocycles. The minimum Gasteiger partial charge on any atom is -0.310 e. The monoisotopic (exact) mass is 813 g/mol. The molecule has 0 aliphatic heterocycles. The maximum atomic E-state index is 2.46. The smallest absolute Gasteiger partial charge is 0.0714 e. The summed E-state index contributed by atoms with van der Waals surface area (Å²) in [5, 5.41) is 5.06. The van der Waals surface area contributed by atoms with E-state index in [2.05, 4.69) is 266 Å². The molecule has 0 heterocycles. The van der Waals surface area contributed by atoms with E-state index < -0.39 is 5.41 Å². The zero-order chi connectivity index (χ0) is 42.5. The highest BCUT2D eigenvalue weighted by molar-refractivity contribution is 6.08. The van der Waals surface area contributed by atoms with E-state index in [9.17, 15) is 0 Å². The molecular weight excluding hydrogens is 771 g/mol. The second-order valence-corrected chi connectivity index (χ2v) is 16.9. The Morgan fingerprint density at radius 1 is 0.250 bits per heavy atom. The van der Waals surface area contributed by atoms with E-state index in [4.69, 9.17) is 0 Å². The maximum absolute atomic E-state index is 2.46. The van der Waals surface area contributed by atoms with Crippen molar-refractivity contribution in [2.45, 2.75) is 5.41 Å². The molecule has 1 aliphatic carbocycles. The van der Waals surface area contributed by atoms with Crippen LogP contribution in [-0.2, 0) is 5.41 Å². The second-order valence-electron chi connectivity index (χ2n) is 16.9. The summed E-state index contributed by atoms with van der Waals surface area (Å²) in [5.74, 6) is 0. The average molecular weight is 814 g/mol. The Labute approximate surface area is 374 Å². The van der Waals surface area contributed by atoms with Crippen molar-refractivity contribution in [3.05, 3.63) is 283 Å². The van der Waals surface area contributed by atoms with Crippen molar-refractivity contribution < 1.29 is 0 Å². The van der Waals surface area contributed by atoms with Gasteiger partial charge in [-0.2, -0.15) is 0 Å². The number of hydrogen-bond acceptors (Lipinski definition) is 1. The molecule has 0 N–H and O–H groups in total. The van der Waals surface area contributed by atoms with Crippen molar-refractivity contribution in [3.8, 4) is 44.5 Å². The summed E-state index contributed by atoms with van der Waals surface area (Å²) in [4.78, 5) is 2.42. The Kier molecular flexibility index (Phi) is 9.13. The SMILES string of the molecule is c1ccc(-c2ccc(N(c3ccc(-c4ccc5ccc6ccccc6c5c4)cc3)c3ccc4c(c3)C(c3ccccc3)(c3ccc(-c5ccccc5)cc3)c3ccccc3-4)cc2)cc1. The molecule has 0 radical (unpaired) electrons. The molecule has 0 aromatic heterocycles. The summed E-state index contributed by atoms with van der Waals surface area (Å²) >= 11 is 0. The van der Waals surface area contributed by atoms with Crippen molar-refractivity contribution in [3.63, 3.8) is 0 Å². The number of rotatable bonds is 8. The minimum absolute atomic E-state index is 0.550. The Morgan fingerprint density at radius 2 is 0.688 bits per heavy atom. The van der Waals surface area contributed by atoms with Crippen molar-refractivity contribution in [2.75, 3.05) is 4.90 Å². The van der Waals surface area contributed by atoms with Crippen molar-refractivity contribution in [1.29, 1.82) is 0 Å². The third kappa shape index (κ3) is 6.24. The molecule has 12 rings (SSSR count). The molecule has 1 atom stereocenters. The summed E-state index contributed by atoms with van der Waals surface area (Å²) in [5.41, 5.74) is 17.5. The van der Waals surface area contributed by atoms with Gasteiger partial charge in [0.05, 0.1) is 5.41 Å². The molecule has 0 fully saturated rings. The molecule has 1 aliphatic rings. The molecule has 1 heteroatoms. The van der Waals surface area contributed by atoms with Crippen molar-refractivity contribution >= 4 is 38.6 Å². The van der Waals surface area contributed by atoms with Gasteiger partial charge in [0.2, 0.25) is 0 Å². The summed E-state index contributed by atoms with van der Waals surface area (Å²) in [6.07, 6.45) is 0. The number of benzene rings is 11. The Bertz CT molecular complexity index is 3450. The fourth-order valence-electron chi connectivity index (χ4n) is 10.3. The van der Waals surface area contributed by atoms with Gasteiger partial charge >= 0.3 is 0 Å². The van der Waals surface area contributed by atoms with E-state index in [-0.39, 0.29) is 0 Å². The normalized spacial score (nSPS) is 14.0. The topological polar surface area (TPSA) is 3.24 Å². The standard InChI is InChI=1S/C63H43N/c1-4-14-44(15-5-1)46-28-34-53(35-29-46)63(52-19-8-3-9-20-52)61-23-13-12-22-58(61)59-41-40-56(43-62(59)63)64(54-36-30-47(31-37-54)45-16-6-2-7-17-45)55-38-32-48(33-39-55)51-27-26-50-25-24-49-18-10-11-21-57(49)60(50)42-51/h1-43H. The average Bonchev–Trinajstić information content (AvgIpc) is 3.68. The summed E-state index contributed by atoms with van der Waals surface area (Å²) in [6.45, 7) is 0.